The summed E-state index contributed by atoms with van der Waals surface area (Å²) in [6, 6.07) is 3.78. The average Bonchev–Trinajstić information content (AvgIpc) is 3.14. The molecule has 0 saturated heterocycles. The maximum absolute atomic E-state index is 12.8. The highest BCUT2D eigenvalue weighted by Gasteiger charge is 2.24. The van der Waals surface area contributed by atoms with E-state index in [1.807, 2.05) is 13.8 Å². The summed E-state index contributed by atoms with van der Waals surface area (Å²) in [5.41, 5.74) is 2.21. The van der Waals surface area contributed by atoms with Gasteiger partial charge in [-0.15, -0.1) is 11.3 Å². The maximum atomic E-state index is 12.8. The number of aryl methyl sites for hydroxylation is 2. The van der Waals surface area contributed by atoms with Crippen molar-refractivity contribution in [3.8, 4) is 6.07 Å². The summed E-state index contributed by atoms with van der Waals surface area (Å²) in [6.07, 6.45) is 5.21. The number of amides is 2. The predicted molar refractivity (Wildman–Crippen MR) is 109 cm³/mol. The van der Waals surface area contributed by atoms with Crippen LogP contribution >= 0.6 is 11.3 Å². The standard InChI is InChI=1S/C20H25N5O2S/c1-4-25(5-2)20(27)15-11-16(24(3)23-15)18(26)22-19-14(12-21)13-9-7-6-8-10-17(13)28-19/h11H,4-10H2,1-3H3,(H,22,26). The third-order valence-electron chi connectivity index (χ3n) is 5.14. The molecule has 7 nitrogen and oxygen atoms in total. The van der Waals surface area contributed by atoms with Crippen LogP contribution in [0.2, 0.25) is 0 Å². The van der Waals surface area contributed by atoms with E-state index >= 15 is 0 Å². The molecule has 0 radical (unpaired) electrons. The molecule has 1 N–H and O–H groups in total. The summed E-state index contributed by atoms with van der Waals surface area (Å²) in [7, 11) is 1.64. The zero-order valence-corrected chi connectivity index (χ0v) is 17.4. The third-order valence-corrected chi connectivity index (χ3v) is 6.35. The molecule has 0 fully saturated rings. The Hall–Kier alpha value is -2.66. The summed E-state index contributed by atoms with van der Waals surface area (Å²) >= 11 is 1.49. The molecule has 28 heavy (non-hydrogen) atoms. The number of fused-ring (bicyclic) bond motifs is 1. The van der Waals surface area contributed by atoms with Gasteiger partial charge in [-0.3, -0.25) is 14.3 Å². The van der Waals surface area contributed by atoms with Gasteiger partial charge in [-0.1, -0.05) is 6.42 Å². The summed E-state index contributed by atoms with van der Waals surface area (Å²) in [5, 5.41) is 17.3. The number of rotatable bonds is 5. The first-order chi connectivity index (χ1) is 13.5. The molecule has 0 aromatic carbocycles. The lowest BCUT2D eigenvalue weighted by atomic mass is 10.1. The second-order valence-corrected chi connectivity index (χ2v) is 7.96. The van der Waals surface area contributed by atoms with Crippen LogP contribution in [0.25, 0.3) is 0 Å². The van der Waals surface area contributed by atoms with Crippen molar-refractivity contribution in [2.75, 3.05) is 18.4 Å². The van der Waals surface area contributed by atoms with Crippen LogP contribution in [-0.2, 0) is 19.9 Å². The van der Waals surface area contributed by atoms with Crippen LogP contribution in [-0.4, -0.2) is 39.6 Å². The van der Waals surface area contributed by atoms with Crippen molar-refractivity contribution in [3.63, 3.8) is 0 Å². The molecule has 8 heteroatoms. The normalized spacial score (nSPS) is 13.4. The van der Waals surface area contributed by atoms with Crippen LogP contribution in [0.3, 0.4) is 0 Å². The minimum absolute atomic E-state index is 0.194. The Bertz CT molecular complexity index is 933. The lowest BCUT2D eigenvalue weighted by Crippen LogP contribution is -2.30. The number of nitrogens with one attached hydrogen (secondary N) is 1. The largest absolute Gasteiger partial charge is 0.338 e. The molecule has 148 valence electrons. The molecule has 1 aliphatic rings. The molecule has 2 aromatic heterocycles. The molecule has 2 aromatic rings. The molecular weight excluding hydrogens is 374 g/mol. The lowest BCUT2D eigenvalue weighted by Gasteiger charge is -2.16. The van der Waals surface area contributed by atoms with Gasteiger partial charge in [0.2, 0.25) is 0 Å². The molecule has 0 unspecified atom stereocenters. The molecule has 2 heterocycles. The number of anilines is 1. The van der Waals surface area contributed by atoms with E-state index in [1.165, 1.54) is 33.4 Å². The zero-order valence-electron chi connectivity index (χ0n) is 16.5. The van der Waals surface area contributed by atoms with E-state index in [2.05, 4.69) is 16.5 Å². The van der Waals surface area contributed by atoms with E-state index < -0.39 is 0 Å². The smallest absolute Gasteiger partial charge is 0.274 e. The van der Waals surface area contributed by atoms with E-state index in [0.29, 0.717) is 29.3 Å². The number of aromatic nitrogens is 2. The van der Waals surface area contributed by atoms with E-state index in [0.717, 1.165) is 31.2 Å². The Balaban J connectivity index is 1.85. The number of hydrogen-bond acceptors (Lipinski definition) is 5. The van der Waals surface area contributed by atoms with Gasteiger partial charge in [0.05, 0.1) is 5.56 Å². The van der Waals surface area contributed by atoms with E-state index in [-0.39, 0.29) is 17.5 Å². The van der Waals surface area contributed by atoms with Crippen molar-refractivity contribution in [3.05, 3.63) is 33.5 Å². The highest BCUT2D eigenvalue weighted by atomic mass is 32.1. The Morgan fingerprint density at radius 1 is 1.29 bits per heavy atom. The van der Waals surface area contributed by atoms with Gasteiger partial charge in [0.15, 0.2) is 5.69 Å². The fraction of sp³-hybridized carbons (Fsp3) is 0.500. The second kappa shape index (κ2) is 8.57. The number of carbonyl (C=O) groups is 2. The van der Waals surface area contributed by atoms with Crippen molar-refractivity contribution in [2.45, 2.75) is 46.0 Å². The quantitative estimate of drug-likeness (QED) is 0.781. The molecule has 1 aliphatic carbocycles. The van der Waals surface area contributed by atoms with Gasteiger partial charge in [-0.2, -0.15) is 10.4 Å². The minimum Gasteiger partial charge on any atom is -0.338 e. The average molecular weight is 400 g/mol. The molecule has 0 spiro atoms. The number of nitriles is 1. The SMILES string of the molecule is CCN(CC)C(=O)c1cc(C(=O)Nc2sc3c(c2C#N)CCCCC3)n(C)n1. The summed E-state index contributed by atoms with van der Waals surface area (Å²) in [5.74, 6) is -0.554. The van der Waals surface area contributed by atoms with Crippen molar-refractivity contribution < 1.29 is 9.59 Å². The molecular formula is C20H25N5O2S. The number of carbonyl (C=O) groups excluding carboxylic acids is 2. The van der Waals surface area contributed by atoms with Crippen molar-refractivity contribution in [1.82, 2.24) is 14.7 Å². The summed E-state index contributed by atoms with van der Waals surface area (Å²) in [6.45, 7) is 4.98. The molecule has 0 bridgehead atoms. The van der Waals surface area contributed by atoms with Gasteiger partial charge in [0.1, 0.15) is 16.8 Å². The van der Waals surface area contributed by atoms with Gasteiger partial charge < -0.3 is 10.2 Å². The van der Waals surface area contributed by atoms with Crippen LogP contribution < -0.4 is 5.32 Å². The van der Waals surface area contributed by atoms with Crippen molar-refractivity contribution in [1.29, 1.82) is 5.26 Å². The maximum Gasteiger partial charge on any atom is 0.274 e. The van der Waals surface area contributed by atoms with Crippen LogP contribution in [0.5, 0.6) is 0 Å². The number of thiophene rings is 1. The highest BCUT2D eigenvalue weighted by Crippen LogP contribution is 2.37. The van der Waals surface area contributed by atoms with Crippen LogP contribution in [0, 0.1) is 11.3 Å². The summed E-state index contributed by atoms with van der Waals surface area (Å²) < 4.78 is 1.41. The third kappa shape index (κ3) is 3.80. The van der Waals surface area contributed by atoms with Gasteiger partial charge >= 0.3 is 0 Å². The Labute approximate surface area is 168 Å². The van der Waals surface area contributed by atoms with E-state index in [4.69, 9.17) is 0 Å². The van der Waals surface area contributed by atoms with Gasteiger partial charge in [0.25, 0.3) is 11.8 Å². The number of nitrogens with zero attached hydrogens (tertiary/aromatic N) is 4. The lowest BCUT2D eigenvalue weighted by molar-refractivity contribution is 0.0766. The van der Waals surface area contributed by atoms with E-state index in [1.54, 1.807) is 11.9 Å². The first-order valence-electron chi connectivity index (χ1n) is 9.69. The molecule has 0 atom stereocenters. The Kier molecular flexibility index (Phi) is 6.15. The summed E-state index contributed by atoms with van der Waals surface area (Å²) in [4.78, 5) is 28.2. The monoisotopic (exact) mass is 399 g/mol. The van der Waals surface area contributed by atoms with Crippen molar-refractivity contribution in [2.24, 2.45) is 7.05 Å². The fourth-order valence-electron chi connectivity index (χ4n) is 3.57. The van der Waals surface area contributed by atoms with E-state index in [9.17, 15) is 14.9 Å². The first-order valence-corrected chi connectivity index (χ1v) is 10.5. The fourth-order valence-corrected chi connectivity index (χ4v) is 4.81. The zero-order chi connectivity index (χ0) is 20.3. The first kappa shape index (κ1) is 20.1. The van der Waals surface area contributed by atoms with Crippen LogP contribution in [0.1, 0.15) is 70.1 Å². The molecule has 2 amide bonds. The molecule has 0 saturated carbocycles. The predicted octanol–water partition coefficient (Wildman–Crippen LogP) is 3.36. The van der Waals surface area contributed by atoms with Gasteiger partial charge in [-0.25, -0.2) is 0 Å². The van der Waals surface area contributed by atoms with Crippen LogP contribution in [0.15, 0.2) is 6.07 Å². The van der Waals surface area contributed by atoms with Gasteiger partial charge in [-0.05, 0) is 45.1 Å². The van der Waals surface area contributed by atoms with Crippen LogP contribution in [0.4, 0.5) is 5.00 Å². The Morgan fingerprint density at radius 2 is 2.00 bits per heavy atom. The Morgan fingerprint density at radius 3 is 2.68 bits per heavy atom. The topological polar surface area (TPSA) is 91.0 Å². The van der Waals surface area contributed by atoms with Crippen molar-refractivity contribution >= 4 is 28.2 Å². The second-order valence-electron chi connectivity index (χ2n) is 6.85. The highest BCUT2D eigenvalue weighted by molar-refractivity contribution is 7.16. The minimum atomic E-state index is -0.360. The molecule has 0 aliphatic heterocycles. The molecule has 3 rings (SSSR count). The van der Waals surface area contributed by atoms with Gasteiger partial charge in [0, 0.05) is 31.1 Å². The number of hydrogen-bond donors (Lipinski definition) is 1.